The molecule has 0 radical (unpaired) electrons. The van der Waals surface area contributed by atoms with Gasteiger partial charge in [0.05, 0.1) is 17.9 Å². The van der Waals surface area contributed by atoms with E-state index in [1.807, 2.05) is 0 Å². The lowest BCUT2D eigenvalue weighted by Gasteiger charge is -2.24. The standard InChI is InChI=1S/C16H28FN3/c1-4-10-20(11-5-2)12-9-16(18-6-3)15-8-7-14(17)13-19-15/h7-8,13,16,18H,4-6,9-12H2,1-3H3. The average Bonchev–Trinajstić information content (AvgIpc) is 2.45. The van der Waals surface area contributed by atoms with Gasteiger partial charge in [-0.2, -0.15) is 0 Å². The SMILES string of the molecule is CCCN(CCC)CCC(NCC)c1ccc(F)cn1. The summed E-state index contributed by atoms with van der Waals surface area (Å²) in [6.45, 7) is 10.8. The third-order valence-electron chi connectivity index (χ3n) is 3.37. The molecule has 1 atom stereocenters. The van der Waals surface area contributed by atoms with E-state index in [1.165, 1.54) is 25.1 Å². The van der Waals surface area contributed by atoms with Crippen LogP contribution in [0.1, 0.15) is 51.8 Å². The van der Waals surface area contributed by atoms with Gasteiger partial charge in [0.2, 0.25) is 0 Å². The Balaban J connectivity index is 2.59. The highest BCUT2D eigenvalue weighted by molar-refractivity contribution is 5.09. The maximum absolute atomic E-state index is 13.0. The first-order valence-corrected chi connectivity index (χ1v) is 7.78. The maximum Gasteiger partial charge on any atom is 0.141 e. The molecule has 0 bridgehead atoms. The van der Waals surface area contributed by atoms with E-state index in [0.29, 0.717) is 0 Å². The third kappa shape index (κ3) is 5.97. The number of hydrogen-bond donors (Lipinski definition) is 1. The summed E-state index contributed by atoms with van der Waals surface area (Å²) in [5, 5.41) is 3.45. The zero-order valence-electron chi connectivity index (χ0n) is 13.0. The van der Waals surface area contributed by atoms with E-state index in [4.69, 9.17) is 0 Å². The molecule has 1 N–H and O–H groups in total. The van der Waals surface area contributed by atoms with Crippen LogP contribution in [0.25, 0.3) is 0 Å². The summed E-state index contributed by atoms with van der Waals surface area (Å²) in [6.07, 6.45) is 4.67. The third-order valence-corrected chi connectivity index (χ3v) is 3.37. The van der Waals surface area contributed by atoms with Gasteiger partial charge in [-0.3, -0.25) is 4.98 Å². The topological polar surface area (TPSA) is 28.2 Å². The fraction of sp³-hybridized carbons (Fsp3) is 0.688. The van der Waals surface area contributed by atoms with Gasteiger partial charge in [0.15, 0.2) is 0 Å². The Bertz CT molecular complexity index is 347. The lowest BCUT2D eigenvalue weighted by atomic mass is 10.1. The number of hydrogen-bond acceptors (Lipinski definition) is 3. The van der Waals surface area contributed by atoms with Crippen molar-refractivity contribution in [2.75, 3.05) is 26.2 Å². The fourth-order valence-corrected chi connectivity index (χ4v) is 2.47. The monoisotopic (exact) mass is 281 g/mol. The van der Waals surface area contributed by atoms with Crippen molar-refractivity contribution in [3.63, 3.8) is 0 Å². The molecule has 3 nitrogen and oxygen atoms in total. The number of pyridine rings is 1. The van der Waals surface area contributed by atoms with Crippen molar-refractivity contribution in [3.8, 4) is 0 Å². The highest BCUT2D eigenvalue weighted by atomic mass is 19.1. The van der Waals surface area contributed by atoms with Crippen LogP contribution in [-0.4, -0.2) is 36.1 Å². The molecule has 0 fully saturated rings. The van der Waals surface area contributed by atoms with Gasteiger partial charge < -0.3 is 10.2 Å². The van der Waals surface area contributed by atoms with Crippen LogP contribution in [0.4, 0.5) is 4.39 Å². The quantitative estimate of drug-likeness (QED) is 0.712. The highest BCUT2D eigenvalue weighted by Crippen LogP contribution is 2.15. The Morgan fingerprint density at radius 1 is 1.15 bits per heavy atom. The molecule has 114 valence electrons. The second-order valence-electron chi connectivity index (χ2n) is 5.14. The van der Waals surface area contributed by atoms with Crippen molar-refractivity contribution in [1.29, 1.82) is 0 Å². The first-order valence-electron chi connectivity index (χ1n) is 7.78. The van der Waals surface area contributed by atoms with Crippen LogP contribution in [-0.2, 0) is 0 Å². The average molecular weight is 281 g/mol. The largest absolute Gasteiger partial charge is 0.309 e. The summed E-state index contributed by atoms with van der Waals surface area (Å²) >= 11 is 0. The molecule has 0 amide bonds. The molecule has 4 heteroatoms. The molecule has 0 spiro atoms. The number of aromatic nitrogens is 1. The lowest BCUT2D eigenvalue weighted by molar-refractivity contribution is 0.257. The molecule has 0 aliphatic heterocycles. The number of rotatable bonds is 10. The summed E-state index contributed by atoms with van der Waals surface area (Å²) < 4.78 is 13.0. The molecule has 0 saturated carbocycles. The molecule has 0 aliphatic carbocycles. The van der Waals surface area contributed by atoms with Gasteiger partial charge in [-0.1, -0.05) is 20.8 Å². The van der Waals surface area contributed by atoms with E-state index in [9.17, 15) is 4.39 Å². The zero-order valence-corrected chi connectivity index (χ0v) is 13.0. The Kier molecular flexibility index (Phi) is 8.38. The van der Waals surface area contributed by atoms with Gasteiger partial charge in [0.25, 0.3) is 0 Å². The van der Waals surface area contributed by atoms with Gasteiger partial charge in [0, 0.05) is 0 Å². The van der Waals surface area contributed by atoms with Crippen molar-refractivity contribution >= 4 is 0 Å². The second kappa shape index (κ2) is 9.83. The highest BCUT2D eigenvalue weighted by Gasteiger charge is 2.13. The van der Waals surface area contributed by atoms with E-state index in [0.717, 1.165) is 38.3 Å². The number of halogens is 1. The molecule has 0 aromatic carbocycles. The zero-order chi connectivity index (χ0) is 14.8. The minimum Gasteiger partial charge on any atom is -0.309 e. The minimum absolute atomic E-state index is 0.205. The van der Waals surface area contributed by atoms with Gasteiger partial charge in [-0.05, 0) is 57.6 Å². The molecule has 1 unspecified atom stereocenters. The van der Waals surface area contributed by atoms with E-state index >= 15 is 0 Å². The van der Waals surface area contributed by atoms with E-state index in [1.54, 1.807) is 6.07 Å². The van der Waals surface area contributed by atoms with Crippen LogP contribution in [0.3, 0.4) is 0 Å². The molecular weight excluding hydrogens is 253 g/mol. The van der Waals surface area contributed by atoms with Crippen LogP contribution in [0.2, 0.25) is 0 Å². The normalized spacial score (nSPS) is 12.8. The number of nitrogens with zero attached hydrogens (tertiary/aromatic N) is 2. The van der Waals surface area contributed by atoms with Crippen molar-refractivity contribution in [1.82, 2.24) is 15.2 Å². The predicted molar refractivity (Wildman–Crippen MR) is 82.3 cm³/mol. The van der Waals surface area contributed by atoms with Crippen LogP contribution < -0.4 is 5.32 Å². The molecule has 1 heterocycles. The molecule has 1 aromatic heterocycles. The van der Waals surface area contributed by atoms with Crippen LogP contribution in [0.15, 0.2) is 18.3 Å². The van der Waals surface area contributed by atoms with Gasteiger partial charge in [-0.15, -0.1) is 0 Å². The summed E-state index contributed by atoms with van der Waals surface area (Å²) in [7, 11) is 0. The first-order chi connectivity index (χ1) is 9.71. The van der Waals surface area contributed by atoms with E-state index in [2.05, 4.69) is 36.0 Å². The number of nitrogens with one attached hydrogen (secondary N) is 1. The Morgan fingerprint density at radius 2 is 1.85 bits per heavy atom. The Hall–Kier alpha value is -1.00. The first kappa shape index (κ1) is 17.1. The fourth-order valence-electron chi connectivity index (χ4n) is 2.47. The van der Waals surface area contributed by atoms with Crippen molar-refractivity contribution in [2.24, 2.45) is 0 Å². The van der Waals surface area contributed by atoms with Crippen LogP contribution in [0, 0.1) is 5.82 Å². The van der Waals surface area contributed by atoms with Gasteiger partial charge in [-0.25, -0.2) is 4.39 Å². The molecule has 1 rings (SSSR count). The molecule has 0 saturated heterocycles. The van der Waals surface area contributed by atoms with Gasteiger partial charge in [0.1, 0.15) is 5.82 Å². The molecule has 1 aromatic rings. The van der Waals surface area contributed by atoms with Crippen LogP contribution in [0.5, 0.6) is 0 Å². The Labute approximate surface area is 122 Å². The Morgan fingerprint density at radius 3 is 2.35 bits per heavy atom. The molecular formula is C16H28FN3. The van der Waals surface area contributed by atoms with Crippen molar-refractivity contribution in [2.45, 2.75) is 46.1 Å². The lowest BCUT2D eigenvalue weighted by Crippen LogP contribution is -2.31. The van der Waals surface area contributed by atoms with E-state index < -0.39 is 0 Å². The van der Waals surface area contributed by atoms with Crippen molar-refractivity contribution < 1.29 is 4.39 Å². The van der Waals surface area contributed by atoms with Crippen molar-refractivity contribution in [3.05, 3.63) is 29.8 Å². The van der Waals surface area contributed by atoms with Crippen LogP contribution >= 0.6 is 0 Å². The second-order valence-corrected chi connectivity index (χ2v) is 5.14. The maximum atomic E-state index is 13.0. The summed E-state index contributed by atoms with van der Waals surface area (Å²) in [5.41, 5.74) is 0.932. The van der Waals surface area contributed by atoms with E-state index in [-0.39, 0.29) is 11.9 Å². The summed E-state index contributed by atoms with van der Waals surface area (Å²) in [6, 6.07) is 3.48. The smallest absolute Gasteiger partial charge is 0.141 e. The molecule has 0 aliphatic rings. The van der Waals surface area contributed by atoms with Gasteiger partial charge >= 0.3 is 0 Å². The summed E-state index contributed by atoms with van der Waals surface area (Å²) in [5.74, 6) is -0.275. The minimum atomic E-state index is -0.275. The molecule has 20 heavy (non-hydrogen) atoms. The predicted octanol–water partition coefficient (Wildman–Crippen LogP) is 3.38. The summed E-state index contributed by atoms with van der Waals surface area (Å²) in [4.78, 5) is 6.71.